The Bertz CT molecular complexity index is 564. The summed E-state index contributed by atoms with van der Waals surface area (Å²) in [4.78, 5) is 0. The van der Waals surface area contributed by atoms with Crippen LogP contribution in [0.4, 0.5) is 0 Å². The smallest absolute Gasteiger partial charge is 0.157 e. The number of nitrogens with one attached hydrogen (secondary N) is 1. The van der Waals surface area contributed by atoms with E-state index in [1.807, 2.05) is 18.2 Å². The van der Waals surface area contributed by atoms with Gasteiger partial charge in [0.25, 0.3) is 0 Å². The van der Waals surface area contributed by atoms with Gasteiger partial charge in [-0.3, -0.25) is 0 Å². The zero-order valence-corrected chi connectivity index (χ0v) is 11.9. The zero-order valence-electron chi connectivity index (χ0n) is 11.1. The molecule has 5 heteroatoms. The summed E-state index contributed by atoms with van der Waals surface area (Å²) in [5, 5.41) is 3.52. The van der Waals surface area contributed by atoms with E-state index in [9.17, 15) is 8.42 Å². The van der Waals surface area contributed by atoms with E-state index in [1.54, 1.807) is 0 Å². The molecule has 2 heterocycles. The van der Waals surface area contributed by atoms with Gasteiger partial charge in [-0.2, -0.15) is 0 Å². The van der Waals surface area contributed by atoms with Crippen LogP contribution in [0.3, 0.4) is 0 Å². The Kier molecular flexibility index (Phi) is 3.06. The van der Waals surface area contributed by atoms with Gasteiger partial charge >= 0.3 is 0 Å². The highest BCUT2D eigenvalue weighted by Gasteiger charge is 2.35. The summed E-state index contributed by atoms with van der Waals surface area (Å²) in [5.41, 5.74) is 1.23. The number of ether oxygens (including phenoxy) is 1. The first-order valence-corrected chi connectivity index (χ1v) is 8.52. The van der Waals surface area contributed by atoms with Crippen LogP contribution in [0.15, 0.2) is 24.3 Å². The summed E-state index contributed by atoms with van der Waals surface area (Å²) < 4.78 is 28.0. The second kappa shape index (κ2) is 4.49. The third-order valence-corrected chi connectivity index (χ3v) is 5.78. The van der Waals surface area contributed by atoms with Crippen LogP contribution in [0.5, 0.6) is 5.75 Å². The molecule has 1 aromatic rings. The van der Waals surface area contributed by atoms with Gasteiger partial charge in [0.2, 0.25) is 0 Å². The monoisotopic (exact) mass is 281 g/mol. The molecule has 1 N–H and O–H groups in total. The molecule has 104 valence electrons. The first-order chi connectivity index (χ1) is 8.97. The summed E-state index contributed by atoms with van der Waals surface area (Å²) in [6.07, 6.45) is 2.13. The maximum absolute atomic E-state index is 11.1. The van der Waals surface area contributed by atoms with E-state index in [2.05, 4.69) is 18.3 Å². The highest BCUT2D eigenvalue weighted by molar-refractivity contribution is 7.92. The second-order valence-corrected chi connectivity index (χ2v) is 7.86. The lowest BCUT2D eigenvalue weighted by Gasteiger charge is -2.28. The molecule has 2 aliphatic heterocycles. The Morgan fingerprint density at radius 1 is 1.37 bits per heavy atom. The predicted molar refractivity (Wildman–Crippen MR) is 74.1 cm³/mol. The fraction of sp³-hybridized carbons (Fsp3) is 0.571. The maximum atomic E-state index is 11.1. The molecule has 0 bridgehead atoms. The number of hydrogen-bond acceptors (Lipinski definition) is 4. The van der Waals surface area contributed by atoms with Gasteiger partial charge in [0, 0.05) is 5.54 Å². The minimum absolute atomic E-state index is 0.0189. The molecule has 19 heavy (non-hydrogen) atoms. The summed E-state index contributed by atoms with van der Waals surface area (Å²) in [6, 6.07) is 8.00. The Labute approximate surface area is 114 Å². The standard InChI is InChI=1S/C14H19NO3S/c1-14(6-3-7-15-14)11-4-2-5-12(8-11)18-13-9-19(16,17)10-13/h2,4-5,8,13,15H,3,6-7,9-10H2,1H3. The van der Waals surface area contributed by atoms with Crippen molar-refractivity contribution < 1.29 is 13.2 Å². The van der Waals surface area contributed by atoms with Gasteiger partial charge in [-0.1, -0.05) is 12.1 Å². The van der Waals surface area contributed by atoms with Crippen LogP contribution >= 0.6 is 0 Å². The van der Waals surface area contributed by atoms with Crippen molar-refractivity contribution in [1.82, 2.24) is 5.32 Å². The van der Waals surface area contributed by atoms with E-state index in [0.717, 1.165) is 18.7 Å². The van der Waals surface area contributed by atoms with Crippen LogP contribution in [-0.2, 0) is 15.4 Å². The third-order valence-electron chi connectivity index (χ3n) is 4.02. The zero-order chi connectivity index (χ0) is 13.5. The molecule has 0 radical (unpaired) electrons. The topological polar surface area (TPSA) is 55.4 Å². The number of benzene rings is 1. The average Bonchev–Trinajstić information content (AvgIpc) is 2.76. The van der Waals surface area contributed by atoms with E-state index in [1.165, 1.54) is 12.0 Å². The summed E-state index contributed by atoms with van der Waals surface area (Å²) >= 11 is 0. The van der Waals surface area contributed by atoms with E-state index >= 15 is 0 Å². The van der Waals surface area contributed by atoms with Crippen molar-refractivity contribution in [2.75, 3.05) is 18.1 Å². The molecule has 2 saturated heterocycles. The Balaban J connectivity index is 1.73. The molecule has 3 rings (SSSR count). The van der Waals surface area contributed by atoms with Gasteiger partial charge in [-0.25, -0.2) is 8.42 Å². The van der Waals surface area contributed by atoms with Crippen LogP contribution in [0, 0.1) is 0 Å². The van der Waals surface area contributed by atoms with Gasteiger partial charge in [0.1, 0.15) is 11.9 Å². The van der Waals surface area contributed by atoms with E-state index in [-0.39, 0.29) is 23.1 Å². The van der Waals surface area contributed by atoms with Crippen molar-refractivity contribution in [3.05, 3.63) is 29.8 Å². The molecule has 2 fully saturated rings. The molecule has 1 atom stereocenters. The lowest BCUT2D eigenvalue weighted by molar-refractivity contribution is 0.229. The quantitative estimate of drug-likeness (QED) is 0.911. The molecular formula is C14H19NO3S. The van der Waals surface area contributed by atoms with Gasteiger partial charge in [0.15, 0.2) is 9.84 Å². The minimum atomic E-state index is -2.83. The number of sulfone groups is 1. The van der Waals surface area contributed by atoms with Crippen LogP contribution in [0.1, 0.15) is 25.3 Å². The Morgan fingerprint density at radius 2 is 2.16 bits per heavy atom. The molecule has 2 aliphatic rings. The van der Waals surface area contributed by atoms with E-state index in [4.69, 9.17) is 4.74 Å². The largest absolute Gasteiger partial charge is 0.488 e. The summed E-state index contributed by atoms with van der Waals surface area (Å²) in [7, 11) is -2.83. The van der Waals surface area contributed by atoms with Crippen molar-refractivity contribution in [3.8, 4) is 5.75 Å². The summed E-state index contributed by atoms with van der Waals surface area (Å²) in [6.45, 7) is 3.25. The van der Waals surface area contributed by atoms with Crippen molar-refractivity contribution in [2.24, 2.45) is 0 Å². The molecule has 0 amide bonds. The van der Waals surface area contributed by atoms with Crippen molar-refractivity contribution in [1.29, 1.82) is 0 Å². The highest BCUT2D eigenvalue weighted by atomic mass is 32.2. The molecular weight excluding hydrogens is 262 g/mol. The maximum Gasteiger partial charge on any atom is 0.157 e. The van der Waals surface area contributed by atoms with Crippen LogP contribution < -0.4 is 10.1 Å². The second-order valence-electron chi connectivity index (χ2n) is 5.71. The molecule has 1 aromatic carbocycles. The van der Waals surface area contributed by atoms with Crippen molar-refractivity contribution in [2.45, 2.75) is 31.4 Å². The van der Waals surface area contributed by atoms with Crippen LogP contribution in [0.25, 0.3) is 0 Å². The van der Waals surface area contributed by atoms with E-state index < -0.39 is 9.84 Å². The molecule has 0 saturated carbocycles. The Hall–Kier alpha value is -1.07. The first-order valence-electron chi connectivity index (χ1n) is 6.70. The molecule has 1 unspecified atom stereocenters. The fourth-order valence-electron chi connectivity index (χ4n) is 2.83. The Morgan fingerprint density at radius 3 is 2.79 bits per heavy atom. The fourth-order valence-corrected chi connectivity index (χ4v) is 4.00. The molecule has 0 spiro atoms. The molecule has 0 aliphatic carbocycles. The van der Waals surface area contributed by atoms with Gasteiger partial charge in [-0.15, -0.1) is 0 Å². The third kappa shape index (κ3) is 2.62. The van der Waals surface area contributed by atoms with Gasteiger partial charge in [-0.05, 0) is 44.0 Å². The van der Waals surface area contributed by atoms with Crippen molar-refractivity contribution >= 4 is 9.84 Å². The number of hydrogen-bond donors (Lipinski definition) is 1. The van der Waals surface area contributed by atoms with Gasteiger partial charge in [0.05, 0.1) is 11.5 Å². The minimum Gasteiger partial charge on any atom is -0.488 e. The first kappa shape index (κ1) is 12.9. The van der Waals surface area contributed by atoms with Crippen LogP contribution in [-0.4, -0.2) is 32.6 Å². The highest BCUT2D eigenvalue weighted by Crippen LogP contribution is 2.32. The normalized spacial score (nSPS) is 29.9. The molecule has 0 aromatic heterocycles. The molecule has 4 nitrogen and oxygen atoms in total. The van der Waals surface area contributed by atoms with Gasteiger partial charge < -0.3 is 10.1 Å². The van der Waals surface area contributed by atoms with Crippen LogP contribution in [0.2, 0.25) is 0 Å². The average molecular weight is 281 g/mol. The lowest BCUT2D eigenvalue weighted by Crippen LogP contribution is -2.45. The van der Waals surface area contributed by atoms with Crippen molar-refractivity contribution in [3.63, 3.8) is 0 Å². The SMILES string of the molecule is CC1(c2cccc(OC3CS(=O)(=O)C3)c2)CCCN1. The van der Waals surface area contributed by atoms with E-state index in [0.29, 0.717) is 0 Å². The number of rotatable bonds is 3. The lowest BCUT2D eigenvalue weighted by atomic mass is 9.90. The predicted octanol–water partition coefficient (Wildman–Crippen LogP) is 1.46. The summed E-state index contributed by atoms with van der Waals surface area (Å²) in [5.74, 6) is 1.06.